The van der Waals surface area contributed by atoms with Crippen molar-refractivity contribution in [3.63, 3.8) is 0 Å². The van der Waals surface area contributed by atoms with Crippen molar-refractivity contribution >= 4 is 11.5 Å². The highest BCUT2D eigenvalue weighted by Gasteiger charge is 2.25. The quantitative estimate of drug-likeness (QED) is 0.629. The molecule has 2 heteroatoms. The molecule has 2 aromatic rings. The molecular formula is C19H16O2. The molecule has 0 N–H and O–H groups in total. The lowest BCUT2D eigenvalue weighted by Gasteiger charge is -2.18. The summed E-state index contributed by atoms with van der Waals surface area (Å²) < 4.78 is 4.93. The second-order valence-corrected chi connectivity index (χ2v) is 4.62. The van der Waals surface area contributed by atoms with Gasteiger partial charge in [-0.3, -0.25) is 4.79 Å². The number of hydrogen-bond acceptors (Lipinski definition) is 2. The monoisotopic (exact) mass is 276 g/mol. The van der Waals surface area contributed by atoms with Crippen LogP contribution in [0.3, 0.4) is 0 Å². The van der Waals surface area contributed by atoms with E-state index < -0.39 is 5.92 Å². The van der Waals surface area contributed by atoms with Gasteiger partial charge in [-0.25, -0.2) is 0 Å². The molecule has 0 amide bonds. The van der Waals surface area contributed by atoms with Crippen molar-refractivity contribution in [2.45, 2.75) is 5.92 Å². The van der Waals surface area contributed by atoms with Gasteiger partial charge in [-0.05, 0) is 28.8 Å². The number of terminal acetylenes is 1. The maximum Gasteiger partial charge on any atom is 0.317 e. The summed E-state index contributed by atoms with van der Waals surface area (Å²) in [5.41, 5.74) is 3.11. The highest BCUT2D eigenvalue weighted by atomic mass is 16.5. The van der Waals surface area contributed by atoms with Crippen molar-refractivity contribution in [2.24, 2.45) is 0 Å². The van der Waals surface area contributed by atoms with E-state index in [-0.39, 0.29) is 5.97 Å². The van der Waals surface area contributed by atoms with E-state index in [9.17, 15) is 4.79 Å². The third kappa shape index (κ3) is 3.21. The van der Waals surface area contributed by atoms with Crippen molar-refractivity contribution < 1.29 is 9.53 Å². The molecule has 21 heavy (non-hydrogen) atoms. The lowest BCUT2D eigenvalue weighted by Crippen LogP contribution is -2.15. The molecule has 0 spiro atoms. The number of rotatable bonds is 4. The Hall–Kier alpha value is -2.79. The van der Waals surface area contributed by atoms with Gasteiger partial charge >= 0.3 is 5.97 Å². The summed E-state index contributed by atoms with van der Waals surface area (Å²) >= 11 is 0. The van der Waals surface area contributed by atoms with E-state index in [0.717, 1.165) is 16.7 Å². The van der Waals surface area contributed by atoms with Crippen LogP contribution in [-0.2, 0) is 9.53 Å². The Morgan fingerprint density at radius 3 is 2.52 bits per heavy atom. The number of esters is 1. The topological polar surface area (TPSA) is 26.3 Å². The fraction of sp³-hybridized carbons (Fsp3) is 0.105. The van der Waals surface area contributed by atoms with Crippen LogP contribution in [0.2, 0.25) is 0 Å². The number of hydrogen-bond donors (Lipinski definition) is 0. The number of carbonyl (C=O) groups excluding carboxylic acids is 1. The molecule has 0 heterocycles. The van der Waals surface area contributed by atoms with E-state index in [1.54, 1.807) is 0 Å². The van der Waals surface area contributed by atoms with Crippen LogP contribution in [0.15, 0.2) is 61.2 Å². The molecular weight excluding hydrogens is 260 g/mol. The van der Waals surface area contributed by atoms with Crippen molar-refractivity contribution in [1.29, 1.82) is 0 Å². The number of ether oxygens (including phenoxy) is 1. The lowest BCUT2D eigenvalue weighted by atomic mass is 9.87. The summed E-state index contributed by atoms with van der Waals surface area (Å²) in [6.45, 7) is 4.08. The molecule has 0 bridgehead atoms. The van der Waals surface area contributed by atoms with Crippen molar-refractivity contribution in [3.05, 3.63) is 77.9 Å². The summed E-state index contributed by atoms with van der Waals surface area (Å²) in [6, 6.07) is 16.9. The number of carbonyl (C=O) groups is 1. The second kappa shape index (κ2) is 6.58. The fourth-order valence-corrected chi connectivity index (χ4v) is 2.22. The van der Waals surface area contributed by atoms with Gasteiger partial charge in [0.25, 0.3) is 0 Å². The van der Waals surface area contributed by atoms with Gasteiger partial charge in [-0.1, -0.05) is 55.0 Å². The largest absolute Gasteiger partial charge is 0.468 e. The highest BCUT2D eigenvalue weighted by molar-refractivity contribution is 5.93. The standard InChI is InChI=1S/C19H16O2/c1-4-15-9-8-12-17(13-15)14(2)18(19(20)21-3)16-10-6-5-7-11-16/h1,5-13,18H,2H2,3H3. The Kier molecular flexibility index (Phi) is 4.58. The van der Waals surface area contributed by atoms with E-state index >= 15 is 0 Å². The predicted molar refractivity (Wildman–Crippen MR) is 84.6 cm³/mol. The molecule has 0 fully saturated rings. The van der Waals surface area contributed by atoms with Crippen molar-refractivity contribution in [3.8, 4) is 12.3 Å². The first-order chi connectivity index (χ1) is 10.2. The zero-order valence-corrected chi connectivity index (χ0v) is 11.9. The minimum Gasteiger partial charge on any atom is -0.468 e. The zero-order chi connectivity index (χ0) is 15.2. The molecule has 0 aliphatic heterocycles. The van der Waals surface area contributed by atoms with Gasteiger partial charge in [0.1, 0.15) is 5.92 Å². The Labute approximate surface area is 125 Å². The fourth-order valence-electron chi connectivity index (χ4n) is 2.22. The van der Waals surface area contributed by atoms with E-state index in [0.29, 0.717) is 5.57 Å². The van der Waals surface area contributed by atoms with Gasteiger partial charge in [0, 0.05) is 5.56 Å². The molecule has 2 rings (SSSR count). The molecule has 0 saturated heterocycles. The van der Waals surface area contributed by atoms with Gasteiger partial charge in [0.2, 0.25) is 0 Å². The Morgan fingerprint density at radius 1 is 1.19 bits per heavy atom. The van der Waals surface area contributed by atoms with E-state index in [1.165, 1.54) is 7.11 Å². The molecule has 0 aliphatic carbocycles. The van der Waals surface area contributed by atoms with Crippen LogP contribution in [0.5, 0.6) is 0 Å². The van der Waals surface area contributed by atoms with Gasteiger partial charge < -0.3 is 4.74 Å². The molecule has 0 aromatic heterocycles. The summed E-state index contributed by atoms with van der Waals surface area (Å²) in [5.74, 6) is 1.71. The third-order valence-corrected chi connectivity index (χ3v) is 3.32. The van der Waals surface area contributed by atoms with E-state index in [1.807, 2.05) is 54.6 Å². The van der Waals surface area contributed by atoms with Gasteiger partial charge in [0.05, 0.1) is 7.11 Å². The van der Waals surface area contributed by atoms with Crippen LogP contribution in [0.1, 0.15) is 22.6 Å². The van der Waals surface area contributed by atoms with E-state index in [4.69, 9.17) is 11.2 Å². The van der Waals surface area contributed by atoms with Crippen LogP contribution >= 0.6 is 0 Å². The Balaban J connectivity index is 2.44. The molecule has 0 radical (unpaired) electrons. The number of benzene rings is 2. The maximum atomic E-state index is 12.2. The average molecular weight is 276 g/mol. The van der Waals surface area contributed by atoms with Crippen LogP contribution in [0, 0.1) is 12.3 Å². The summed E-state index contributed by atoms with van der Waals surface area (Å²) in [4.78, 5) is 12.2. The highest BCUT2D eigenvalue weighted by Crippen LogP contribution is 2.32. The molecule has 1 unspecified atom stereocenters. The van der Waals surface area contributed by atoms with Crippen molar-refractivity contribution in [2.75, 3.05) is 7.11 Å². The maximum absolute atomic E-state index is 12.2. The molecule has 0 saturated carbocycles. The predicted octanol–water partition coefficient (Wildman–Crippen LogP) is 3.64. The molecule has 1 atom stereocenters. The van der Waals surface area contributed by atoms with Gasteiger partial charge in [0.15, 0.2) is 0 Å². The first kappa shape index (κ1) is 14.6. The smallest absolute Gasteiger partial charge is 0.317 e. The van der Waals surface area contributed by atoms with E-state index in [2.05, 4.69) is 12.5 Å². The SMILES string of the molecule is C#Cc1cccc(C(=C)C(C(=O)OC)c2ccccc2)c1. The van der Waals surface area contributed by atoms with Crippen LogP contribution < -0.4 is 0 Å². The minimum absolute atomic E-state index is 0.336. The lowest BCUT2D eigenvalue weighted by molar-refractivity contribution is -0.140. The average Bonchev–Trinajstić information content (AvgIpc) is 2.55. The Morgan fingerprint density at radius 2 is 1.90 bits per heavy atom. The van der Waals surface area contributed by atoms with Gasteiger partial charge in [-0.2, -0.15) is 0 Å². The van der Waals surface area contributed by atoms with Crippen molar-refractivity contribution in [1.82, 2.24) is 0 Å². The normalized spacial score (nSPS) is 11.2. The second-order valence-electron chi connectivity index (χ2n) is 4.62. The van der Waals surface area contributed by atoms with Crippen LogP contribution in [0.25, 0.3) is 5.57 Å². The first-order valence-corrected chi connectivity index (χ1v) is 6.56. The van der Waals surface area contributed by atoms with Crippen LogP contribution in [-0.4, -0.2) is 13.1 Å². The molecule has 2 aromatic carbocycles. The molecule has 2 nitrogen and oxygen atoms in total. The summed E-state index contributed by atoms with van der Waals surface area (Å²) in [6.07, 6.45) is 5.42. The zero-order valence-electron chi connectivity index (χ0n) is 11.9. The van der Waals surface area contributed by atoms with Crippen LogP contribution in [0.4, 0.5) is 0 Å². The first-order valence-electron chi connectivity index (χ1n) is 6.56. The van der Waals surface area contributed by atoms with Gasteiger partial charge in [-0.15, -0.1) is 6.42 Å². The molecule has 0 aliphatic rings. The summed E-state index contributed by atoms with van der Waals surface area (Å²) in [5, 5.41) is 0. The summed E-state index contributed by atoms with van der Waals surface area (Å²) in [7, 11) is 1.38. The third-order valence-electron chi connectivity index (χ3n) is 3.32. The molecule has 104 valence electrons. The minimum atomic E-state index is -0.538. The number of methoxy groups -OCH3 is 1. The Bertz CT molecular complexity index is 693.